The largest absolute Gasteiger partial charge is 0.492 e. The molecule has 0 saturated heterocycles. The van der Waals surface area contributed by atoms with Crippen molar-refractivity contribution in [2.24, 2.45) is 0 Å². The molecule has 0 saturated carbocycles. The van der Waals surface area contributed by atoms with E-state index < -0.39 is 25.5 Å². The Bertz CT molecular complexity index is 298. The van der Waals surface area contributed by atoms with Gasteiger partial charge < -0.3 is 0 Å². The zero-order chi connectivity index (χ0) is 10.8. The standard InChI is InChI=1S/C8H7F5P/c9-6-8(10,11)14(12,13)7-4-2-1-3-5-7/h1-5H,6H2/q+1. The van der Waals surface area contributed by atoms with Gasteiger partial charge in [0.25, 0.3) is 0 Å². The second-order valence-corrected chi connectivity index (χ2v) is 4.85. The Kier molecular flexibility index (Phi) is 3.10. The number of halogens is 5. The molecule has 0 radical (unpaired) electrons. The normalized spacial score (nSPS) is 12.9. The summed E-state index contributed by atoms with van der Waals surface area (Å²) in [7, 11) is -5.71. The van der Waals surface area contributed by atoms with Crippen molar-refractivity contribution in [1.29, 1.82) is 0 Å². The molecule has 0 fully saturated rings. The molecular formula is C8H7F5P+. The first-order valence-corrected chi connectivity index (χ1v) is 5.27. The molecule has 1 rings (SSSR count). The lowest BCUT2D eigenvalue weighted by Gasteiger charge is -2.12. The van der Waals surface area contributed by atoms with Crippen molar-refractivity contribution in [1.82, 2.24) is 0 Å². The van der Waals surface area contributed by atoms with Crippen molar-refractivity contribution in [3.8, 4) is 0 Å². The average molecular weight is 229 g/mol. The highest BCUT2D eigenvalue weighted by molar-refractivity contribution is 7.74. The van der Waals surface area contributed by atoms with Gasteiger partial charge >= 0.3 is 13.5 Å². The predicted molar refractivity (Wildman–Crippen MR) is 46.1 cm³/mol. The molecule has 0 spiro atoms. The zero-order valence-electron chi connectivity index (χ0n) is 6.93. The molecule has 0 bridgehead atoms. The molecule has 1 aromatic rings. The highest BCUT2D eigenvalue weighted by Gasteiger charge is 2.69. The van der Waals surface area contributed by atoms with Crippen molar-refractivity contribution in [3.63, 3.8) is 0 Å². The van der Waals surface area contributed by atoms with Crippen molar-refractivity contribution in [2.75, 3.05) is 6.67 Å². The predicted octanol–water partition coefficient (Wildman–Crippen LogP) is 3.66. The number of hydrogen-bond donors (Lipinski definition) is 0. The summed E-state index contributed by atoms with van der Waals surface area (Å²) in [5.41, 5.74) is -4.55. The monoisotopic (exact) mass is 229 g/mol. The van der Waals surface area contributed by atoms with E-state index in [1.165, 1.54) is 18.2 Å². The van der Waals surface area contributed by atoms with E-state index in [1.54, 1.807) is 0 Å². The van der Waals surface area contributed by atoms with Crippen LogP contribution in [0.2, 0.25) is 0 Å². The lowest BCUT2D eigenvalue weighted by atomic mass is 10.4. The minimum absolute atomic E-state index is 0.775. The summed E-state index contributed by atoms with van der Waals surface area (Å²) in [6.45, 7) is -2.33. The van der Waals surface area contributed by atoms with Crippen LogP contribution in [0.4, 0.5) is 21.6 Å². The van der Waals surface area contributed by atoms with Gasteiger partial charge in [0.2, 0.25) is 0 Å². The fourth-order valence-corrected chi connectivity index (χ4v) is 1.95. The SMILES string of the molecule is FCC(F)(F)[P+](F)(F)c1ccccc1. The van der Waals surface area contributed by atoms with Crippen molar-refractivity contribution >= 4 is 13.2 Å². The van der Waals surface area contributed by atoms with Crippen LogP contribution >= 0.6 is 7.88 Å². The fourth-order valence-electron chi connectivity index (χ4n) is 0.879. The Labute approximate surface area is 78.3 Å². The average Bonchev–Trinajstić information content (AvgIpc) is 2.19. The van der Waals surface area contributed by atoms with E-state index in [0.717, 1.165) is 12.1 Å². The Balaban J connectivity index is 3.08. The van der Waals surface area contributed by atoms with Gasteiger partial charge in [0, 0.05) is 0 Å². The Hall–Kier alpha value is -0.700. The van der Waals surface area contributed by atoms with Gasteiger partial charge in [-0.3, -0.25) is 0 Å². The van der Waals surface area contributed by atoms with Crippen molar-refractivity contribution < 1.29 is 21.6 Å². The summed E-state index contributed by atoms with van der Waals surface area (Å²) < 4.78 is 62.9. The minimum atomic E-state index is -5.71. The lowest BCUT2D eigenvalue weighted by Crippen LogP contribution is -2.25. The van der Waals surface area contributed by atoms with Crippen LogP contribution in [0.1, 0.15) is 0 Å². The number of benzene rings is 1. The van der Waals surface area contributed by atoms with Crippen LogP contribution < -0.4 is 5.30 Å². The van der Waals surface area contributed by atoms with E-state index >= 15 is 0 Å². The molecule has 0 heterocycles. The minimum Gasteiger partial charge on any atom is -0.240 e. The third-order valence-electron chi connectivity index (χ3n) is 1.65. The van der Waals surface area contributed by atoms with Crippen molar-refractivity contribution in [2.45, 2.75) is 5.66 Å². The van der Waals surface area contributed by atoms with Crippen LogP contribution in [0, 0.1) is 0 Å². The maximum Gasteiger partial charge on any atom is 0.492 e. The van der Waals surface area contributed by atoms with E-state index in [2.05, 4.69) is 0 Å². The Morgan fingerprint density at radius 3 is 2.00 bits per heavy atom. The molecule has 0 aliphatic heterocycles. The molecule has 0 aliphatic rings. The van der Waals surface area contributed by atoms with E-state index in [9.17, 15) is 21.6 Å². The van der Waals surface area contributed by atoms with Crippen LogP contribution in [-0.2, 0) is 0 Å². The molecule has 0 atom stereocenters. The van der Waals surface area contributed by atoms with E-state index in [0.29, 0.717) is 0 Å². The number of alkyl halides is 3. The molecule has 0 amide bonds. The van der Waals surface area contributed by atoms with Crippen LogP contribution in [0.5, 0.6) is 0 Å². The van der Waals surface area contributed by atoms with E-state index in [-0.39, 0.29) is 0 Å². The van der Waals surface area contributed by atoms with E-state index in [1.807, 2.05) is 0 Å². The summed E-state index contributed by atoms with van der Waals surface area (Å²) >= 11 is 0. The molecule has 0 aromatic heterocycles. The number of rotatable bonds is 3. The maximum atomic E-state index is 13.1. The maximum absolute atomic E-state index is 13.1. The molecule has 6 heteroatoms. The van der Waals surface area contributed by atoms with Gasteiger partial charge in [0.05, 0.1) is 0 Å². The molecule has 0 unspecified atom stereocenters. The summed E-state index contributed by atoms with van der Waals surface area (Å²) in [4.78, 5) is 0. The lowest BCUT2D eigenvalue weighted by molar-refractivity contribution is 0.0534. The summed E-state index contributed by atoms with van der Waals surface area (Å²) in [6, 6.07) is 5.64. The van der Waals surface area contributed by atoms with Gasteiger partial charge in [-0.05, 0) is 20.5 Å². The first-order chi connectivity index (χ1) is 6.42. The zero-order valence-corrected chi connectivity index (χ0v) is 7.83. The third kappa shape index (κ3) is 1.87. The molecule has 14 heavy (non-hydrogen) atoms. The highest BCUT2D eigenvalue weighted by Crippen LogP contribution is 2.72. The molecule has 78 valence electrons. The van der Waals surface area contributed by atoms with Gasteiger partial charge in [0.1, 0.15) is 0 Å². The highest BCUT2D eigenvalue weighted by atomic mass is 31.2. The van der Waals surface area contributed by atoms with Crippen LogP contribution in [0.15, 0.2) is 30.3 Å². The summed E-state index contributed by atoms with van der Waals surface area (Å²) in [5.74, 6) is 0. The molecule has 0 nitrogen and oxygen atoms in total. The molecule has 1 aromatic carbocycles. The Morgan fingerprint density at radius 2 is 1.57 bits per heavy atom. The van der Waals surface area contributed by atoms with Gasteiger partial charge in [-0.25, -0.2) is 4.39 Å². The smallest absolute Gasteiger partial charge is 0.240 e. The first-order valence-electron chi connectivity index (χ1n) is 3.69. The third-order valence-corrected chi connectivity index (χ3v) is 3.54. The van der Waals surface area contributed by atoms with Gasteiger partial charge in [-0.2, -0.15) is 8.78 Å². The summed E-state index contributed by atoms with van der Waals surface area (Å²) in [6.07, 6.45) is 0. The van der Waals surface area contributed by atoms with Crippen LogP contribution in [-0.4, -0.2) is 12.3 Å². The second-order valence-electron chi connectivity index (χ2n) is 2.65. The first kappa shape index (κ1) is 11.4. The topological polar surface area (TPSA) is 0 Å². The summed E-state index contributed by atoms with van der Waals surface area (Å²) in [5, 5.41) is -0.775. The fraction of sp³-hybridized carbons (Fsp3) is 0.250. The van der Waals surface area contributed by atoms with Crippen LogP contribution in [0.3, 0.4) is 0 Å². The number of hydrogen-bond acceptors (Lipinski definition) is 0. The van der Waals surface area contributed by atoms with Gasteiger partial charge in [0.15, 0.2) is 12.0 Å². The Morgan fingerprint density at radius 1 is 1.07 bits per heavy atom. The van der Waals surface area contributed by atoms with Gasteiger partial charge in [-0.1, -0.05) is 18.2 Å². The molecule has 0 aliphatic carbocycles. The van der Waals surface area contributed by atoms with Crippen LogP contribution in [0.25, 0.3) is 0 Å². The van der Waals surface area contributed by atoms with Gasteiger partial charge in [-0.15, -0.1) is 0 Å². The molecule has 0 N–H and O–H groups in total. The second kappa shape index (κ2) is 3.81. The van der Waals surface area contributed by atoms with E-state index in [4.69, 9.17) is 0 Å². The molecular weight excluding hydrogens is 222 g/mol. The van der Waals surface area contributed by atoms with Crippen molar-refractivity contribution in [3.05, 3.63) is 30.3 Å². The quantitative estimate of drug-likeness (QED) is 0.548.